The monoisotopic (exact) mass is 317 g/mol. The Morgan fingerprint density at radius 2 is 2.10 bits per heavy atom. The summed E-state index contributed by atoms with van der Waals surface area (Å²) in [6.07, 6.45) is 1.96. The molecule has 112 valence electrons. The quantitative estimate of drug-likeness (QED) is 0.860. The van der Waals surface area contributed by atoms with E-state index in [0.717, 1.165) is 18.4 Å². The fourth-order valence-electron chi connectivity index (χ4n) is 2.66. The summed E-state index contributed by atoms with van der Waals surface area (Å²) in [4.78, 5) is 0.166. The molecule has 1 aliphatic heterocycles. The molecule has 0 aromatic heterocycles. The lowest BCUT2D eigenvalue weighted by atomic mass is 10.0. The van der Waals surface area contributed by atoms with Gasteiger partial charge < -0.3 is 4.74 Å². The van der Waals surface area contributed by atoms with Gasteiger partial charge in [0.05, 0.1) is 7.11 Å². The Bertz CT molecular complexity index is 601. The molecule has 1 atom stereocenters. The van der Waals surface area contributed by atoms with Crippen molar-refractivity contribution in [2.45, 2.75) is 31.6 Å². The highest BCUT2D eigenvalue weighted by molar-refractivity contribution is 7.89. The van der Waals surface area contributed by atoms with Crippen LogP contribution >= 0.6 is 11.6 Å². The maximum absolute atomic E-state index is 12.8. The molecule has 2 rings (SSSR count). The Balaban J connectivity index is 2.48. The molecule has 20 heavy (non-hydrogen) atoms. The summed E-state index contributed by atoms with van der Waals surface area (Å²) in [5, 5.41) is 0.409. The molecule has 0 saturated carbocycles. The van der Waals surface area contributed by atoms with E-state index in [1.165, 1.54) is 17.5 Å². The molecule has 1 aromatic carbocycles. The van der Waals surface area contributed by atoms with Crippen LogP contribution < -0.4 is 4.74 Å². The molecule has 1 saturated heterocycles. The number of methoxy groups -OCH3 is 1. The van der Waals surface area contributed by atoms with E-state index in [9.17, 15) is 8.42 Å². The number of halogens is 1. The number of hydrogen-bond donors (Lipinski definition) is 0. The van der Waals surface area contributed by atoms with Crippen molar-refractivity contribution in [1.82, 2.24) is 4.31 Å². The van der Waals surface area contributed by atoms with Gasteiger partial charge in [0.15, 0.2) is 0 Å². The Morgan fingerprint density at radius 1 is 1.40 bits per heavy atom. The molecule has 1 unspecified atom stereocenters. The molecule has 1 fully saturated rings. The third-order valence-corrected chi connectivity index (χ3v) is 5.74. The summed E-state index contributed by atoms with van der Waals surface area (Å²) in [5.74, 6) is 0.762. The van der Waals surface area contributed by atoms with Gasteiger partial charge >= 0.3 is 0 Å². The average molecular weight is 318 g/mol. The van der Waals surface area contributed by atoms with E-state index in [0.29, 0.717) is 29.8 Å². The first-order valence-electron chi connectivity index (χ1n) is 6.70. The minimum absolute atomic E-state index is 0.166. The van der Waals surface area contributed by atoms with Crippen molar-refractivity contribution in [3.05, 3.63) is 22.7 Å². The predicted octanol–water partition coefficient (Wildman–Crippen LogP) is 3.08. The van der Waals surface area contributed by atoms with E-state index in [4.69, 9.17) is 16.3 Å². The van der Waals surface area contributed by atoms with E-state index in [2.05, 4.69) is 6.92 Å². The predicted molar refractivity (Wildman–Crippen MR) is 79.9 cm³/mol. The maximum Gasteiger partial charge on any atom is 0.246 e. The Morgan fingerprint density at radius 3 is 2.70 bits per heavy atom. The zero-order chi connectivity index (χ0) is 14.9. The van der Waals surface area contributed by atoms with Crippen LogP contribution in [0.4, 0.5) is 0 Å². The largest absolute Gasteiger partial charge is 0.495 e. The third kappa shape index (κ3) is 2.95. The minimum Gasteiger partial charge on any atom is -0.495 e. The standard InChI is InChI=1S/C14H20ClNO3S/c1-10-5-4-6-16(9-10)20(17,18)13-8-12(15)7-11(2)14(13)19-3/h7-8,10H,4-6,9H2,1-3H3. The van der Waals surface area contributed by atoms with Crippen LogP contribution in [0.15, 0.2) is 17.0 Å². The fraction of sp³-hybridized carbons (Fsp3) is 0.571. The molecular weight excluding hydrogens is 298 g/mol. The topological polar surface area (TPSA) is 46.6 Å². The number of ether oxygens (including phenoxy) is 1. The molecule has 6 heteroatoms. The van der Waals surface area contributed by atoms with Crippen LogP contribution in [0.2, 0.25) is 5.02 Å². The summed E-state index contributed by atoms with van der Waals surface area (Å²) < 4.78 is 32.4. The summed E-state index contributed by atoms with van der Waals surface area (Å²) in [6, 6.07) is 3.18. The van der Waals surface area contributed by atoms with Crippen molar-refractivity contribution in [3.8, 4) is 5.75 Å². The van der Waals surface area contributed by atoms with E-state index < -0.39 is 10.0 Å². The van der Waals surface area contributed by atoms with Gasteiger partial charge in [0.25, 0.3) is 0 Å². The molecule has 0 N–H and O–H groups in total. The summed E-state index contributed by atoms with van der Waals surface area (Å²) in [7, 11) is -2.08. The molecule has 4 nitrogen and oxygen atoms in total. The van der Waals surface area contributed by atoms with Crippen LogP contribution in [0.1, 0.15) is 25.3 Å². The van der Waals surface area contributed by atoms with Crippen LogP contribution in [-0.2, 0) is 10.0 Å². The second kappa shape index (κ2) is 5.92. The highest BCUT2D eigenvalue weighted by Gasteiger charge is 2.31. The second-order valence-corrected chi connectivity index (χ2v) is 7.71. The number of hydrogen-bond acceptors (Lipinski definition) is 3. The maximum atomic E-state index is 12.8. The van der Waals surface area contributed by atoms with Crippen molar-refractivity contribution in [2.24, 2.45) is 5.92 Å². The zero-order valence-corrected chi connectivity index (χ0v) is 13.6. The van der Waals surface area contributed by atoms with Gasteiger partial charge in [0.2, 0.25) is 10.0 Å². The van der Waals surface area contributed by atoms with Crippen LogP contribution in [0.3, 0.4) is 0 Å². The minimum atomic E-state index is -3.56. The summed E-state index contributed by atoms with van der Waals surface area (Å²) in [5.41, 5.74) is 0.726. The van der Waals surface area contributed by atoms with Gasteiger partial charge in [-0.15, -0.1) is 0 Å². The zero-order valence-electron chi connectivity index (χ0n) is 12.0. The number of piperidine rings is 1. The van der Waals surface area contributed by atoms with Crippen LogP contribution in [-0.4, -0.2) is 32.9 Å². The first-order valence-corrected chi connectivity index (χ1v) is 8.52. The number of nitrogens with zero attached hydrogens (tertiary/aromatic N) is 1. The van der Waals surface area contributed by atoms with Gasteiger partial charge in [-0.2, -0.15) is 4.31 Å². The molecule has 0 radical (unpaired) electrons. The average Bonchev–Trinajstić information content (AvgIpc) is 2.38. The molecule has 1 aromatic rings. The van der Waals surface area contributed by atoms with Gasteiger partial charge in [-0.1, -0.05) is 18.5 Å². The summed E-state index contributed by atoms with van der Waals surface area (Å²) >= 11 is 6.01. The molecule has 0 spiro atoms. The van der Waals surface area contributed by atoms with E-state index >= 15 is 0 Å². The van der Waals surface area contributed by atoms with E-state index in [1.807, 2.05) is 0 Å². The van der Waals surface area contributed by atoms with Gasteiger partial charge in [-0.3, -0.25) is 0 Å². The van der Waals surface area contributed by atoms with Crippen LogP contribution in [0, 0.1) is 12.8 Å². The third-order valence-electron chi connectivity index (χ3n) is 3.65. The highest BCUT2D eigenvalue weighted by Crippen LogP contribution is 2.34. The molecule has 1 aliphatic rings. The van der Waals surface area contributed by atoms with Crippen LogP contribution in [0.5, 0.6) is 5.75 Å². The van der Waals surface area contributed by atoms with Crippen molar-refractivity contribution in [3.63, 3.8) is 0 Å². The Labute approximate surface area is 125 Å². The highest BCUT2D eigenvalue weighted by atomic mass is 35.5. The van der Waals surface area contributed by atoms with Gasteiger partial charge in [0.1, 0.15) is 10.6 Å². The van der Waals surface area contributed by atoms with Gasteiger partial charge in [0, 0.05) is 18.1 Å². The fourth-order valence-corrected chi connectivity index (χ4v) is 4.85. The lowest BCUT2D eigenvalue weighted by Gasteiger charge is -2.30. The van der Waals surface area contributed by atoms with Gasteiger partial charge in [-0.25, -0.2) is 8.42 Å². The molecule has 0 aliphatic carbocycles. The lowest BCUT2D eigenvalue weighted by Crippen LogP contribution is -2.39. The normalized spacial score (nSPS) is 20.9. The Hall–Kier alpha value is -0.780. The van der Waals surface area contributed by atoms with Crippen molar-refractivity contribution >= 4 is 21.6 Å². The molecule has 1 heterocycles. The van der Waals surface area contributed by atoms with Crippen LogP contribution in [0.25, 0.3) is 0 Å². The number of sulfonamides is 1. The van der Waals surface area contributed by atoms with Gasteiger partial charge in [-0.05, 0) is 43.4 Å². The molecular formula is C14H20ClNO3S. The lowest BCUT2D eigenvalue weighted by molar-refractivity contribution is 0.280. The Kier molecular flexibility index (Phi) is 4.62. The first-order chi connectivity index (χ1) is 9.36. The smallest absolute Gasteiger partial charge is 0.246 e. The van der Waals surface area contributed by atoms with Crippen molar-refractivity contribution in [1.29, 1.82) is 0 Å². The molecule has 0 amide bonds. The first kappa shape index (κ1) is 15.6. The number of benzene rings is 1. The second-order valence-electron chi connectivity index (χ2n) is 5.36. The number of aryl methyl sites for hydroxylation is 1. The van der Waals surface area contributed by atoms with Crippen molar-refractivity contribution in [2.75, 3.05) is 20.2 Å². The van der Waals surface area contributed by atoms with Crippen molar-refractivity contribution < 1.29 is 13.2 Å². The number of rotatable bonds is 3. The van der Waals surface area contributed by atoms with E-state index in [-0.39, 0.29) is 4.90 Å². The summed E-state index contributed by atoms with van der Waals surface area (Å²) in [6.45, 7) is 4.98. The SMILES string of the molecule is COc1c(C)cc(Cl)cc1S(=O)(=O)N1CCCC(C)C1. The van der Waals surface area contributed by atoms with E-state index in [1.54, 1.807) is 13.0 Å². The molecule has 0 bridgehead atoms.